The molecule has 1 atom stereocenters. The Labute approximate surface area is 110 Å². The first-order chi connectivity index (χ1) is 8.75. The molecule has 0 radical (unpaired) electrons. The predicted octanol–water partition coefficient (Wildman–Crippen LogP) is 2.92. The summed E-state index contributed by atoms with van der Waals surface area (Å²) in [5.41, 5.74) is 1.43. The second-order valence-electron chi connectivity index (χ2n) is 5.36. The summed E-state index contributed by atoms with van der Waals surface area (Å²) in [5.74, 6) is 0.684. The fourth-order valence-corrected chi connectivity index (χ4v) is 2.61. The summed E-state index contributed by atoms with van der Waals surface area (Å²) in [7, 11) is 0. The highest BCUT2D eigenvalue weighted by Gasteiger charge is 2.22. The van der Waals surface area contributed by atoms with Crippen LogP contribution in [0.25, 0.3) is 0 Å². The highest BCUT2D eigenvalue weighted by Crippen LogP contribution is 2.13. The number of hydrogen-bond acceptors (Lipinski definition) is 2. The number of carbonyl (C=O) groups excluding carboxylic acids is 1. The number of hydrogen-bond donors (Lipinski definition) is 0. The van der Waals surface area contributed by atoms with Crippen LogP contribution in [0, 0.1) is 5.92 Å². The first-order valence-electron chi connectivity index (χ1n) is 7.04. The van der Waals surface area contributed by atoms with Crippen LogP contribution in [0.1, 0.15) is 31.7 Å². The molecule has 98 valence electrons. The van der Waals surface area contributed by atoms with Crippen LogP contribution in [0.4, 0.5) is 0 Å². The lowest BCUT2D eigenvalue weighted by atomic mass is 9.98. The van der Waals surface area contributed by atoms with Gasteiger partial charge < -0.3 is 4.90 Å². The molecular weight excluding hydrogens is 222 g/mol. The minimum atomic E-state index is 0.243. The zero-order chi connectivity index (χ0) is 12.8. The summed E-state index contributed by atoms with van der Waals surface area (Å²) < 4.78 is 0. The van der Waals surface area contributed by atoms with Gasteiger partial charge in [0.25, 0.3) is 0 Å². The normalized spacial score (nSPS) is 21.2. The highest BCUT2D eigenvalue weighted by molar-refractivity contribution is 5.81. The maximum absolute atomic E-state index is 11.4. The first kappa shape index (κ1) is 13.3. The molecule has 0 bridgehead atoms. The van der Waals surface area contributed by atoms with Crippen molar-refractivity contribution in [1.82, 2.24) is 4.90 Å². The lowest BCUT2D eigenvalue weighted by Gasteiger charge is -2.29. The molecule has 0 aliphatic carbocycles. The van der Waals surface area contributed by atoms with Crippen molar-refractivity contribution >= 4 is 5.78 Å². The van der Waals surface area contributed by atoms with Gasteiger partial charge in [-0.3, -0.25) is 4.79 Å². The van der Waals surface area contributed by atoms with Crippen molar-refractivity contribution in [3.8, 4) is 0 Å². The summed E-state index contributed by atoms with van der Waals surface area (Å²) in [6, 6.07) is 10.7. The molecule has 1 heterocycles. The van der Waals surface area contributed by atoms with E-state index in [1.165, 1.54) is 24.8 Å². The van der Waals surface area contributed by atoms with E-state index in [2.05, 4.69) is 42.2 Å². The van der Waals surface area contributed by atoms with Gasteiger partial charge in [-0.1, -0.05) is 37.3 Å². The van der Waals surface area contributed by atoms with Crippen LogP contribution in [-0.4, -0.2) is 30.3 Å². The van der Waals surface area contributed by atoms with Gasteiger partial charge in [-0.05, 0) is 31.4 Å². The fraction of sp³-hybridized carbons (Fsp3) is 0.562. The topological polar surface area (TPSA) is 20.3 Å². The maximum Gasteiger partial charge on any atom is 0.138 e. The van der Waals surface area contributed by atoms with Crippen LogP contribution < -0.4 is 0 Å². The van der Waals surface area contributed by atoms with Crippen molar-refractivity contribution in [2.24, 2.45) is 5.92 Å². The number of carbonyl (C=O) groups is 1. The fourth-order valence-electron chi connectivity index (χ4n) is 2.61. The Morgan fingerprint density at radius 2 is 2.00 bits per heavy atom. The average molecular weight is 245 g/mol. The third-order valence-corrected chi connectivity index (χ3v) is 3.79. The van der Waals surface area contributed by atoms with E-state index >= 15 is 0 Å². The van der Waals surface area contributed by atoms with E-state index in [1.807, 2.05) is 0 Å². The molecule has 1 aromatic rings. The van der Waals surface area contributed by atoms with Gasteiger partial charge >= 0.3 is 0 Å². The summed E-state index contributed by atoms with van der Waals surface area (Å²) in [4.78, 5) is 13.9. The van der Waals surface area contributed by atoms with E-state index < -0.39 is 0 Å². The predicted molar refractivity (Wildman–Crippen MR) is 74.6 cm³/mol. The van der Waals surface area contributed by atoms with Crippen LogP contribution in [0.2, 0.25) is 0 Å². The summed E-state index contributed by atoms with van der Waals surface area (Å²) in [5, 5.41) is 0. The molecule has 1 aliphatic heterocycles. The van der Waals surface area contributed by atoms with Crippen LogP contribution >= 0.6 is 0 Å². The average Bonchev–Trinajstić information content (AvgIpc) is 2.40. The Morgan fingerprint density at radius 1 is 1.22 bits per heavy atom. The third-order valence-electron chi connectivity index (χ3n) is 3.79. The van der Waals surface area contributed by atoms with Crippen molar-refractivity contribution in [2.45, 2.75) is 32.6 Å². The summed E-state index contributed by atoms with van der Waals surface area (Å²) >= 11 is 0. The number of nitrogens with zero attached hydrogens (tertiary/aromatic N) is 1. The molecule has 0 amide bonds. The van der Waals surface area contributed by atoms with Gasteiger partial charge in [0.15, 0.2) is 0 Å². The SMILES string of the molecule is CC1CN(CCCCc2ccccc2)CCC1=O. The van der Waals surface area contributed by atoms with E-state index in [4.69, 9.17) is 0 Å². The second kappa shape index (κ2) is 6.69. The lowest BCUT2D eigenvalue weighted by molar-refractivity contribution is -0.125. The number of rotatable bonds is 5. The monoisotopic (exact) mass is 245 g/mol. The molecule has 0 saturated carbocycles. The summed E-state index contributed by atoms with van der Waals surface area (Å²) in [6.45, 7) is 5.13. The molecule has 1 aliphatic rings. The van der Waals surface area contributed by atoms with Crippen molar-refractivity contribution in [1.29, 1.82) is 0 Å². The van der Waals surface area contributed by atoms with Crippen LogP contribution in [0.3, 0.4) is 0 Å². The van der Waals surface area contributed by atoms with Crippen LogP contribution in [0.15, 0.2) is 30.3 Å². The van der Waals surface area contributed by atoms with Crippen molar-refractivity contribution in [2.75, 3.05) is 19.6 Å². The van der Waals surface area contributed by atoms with Crippen molar-refractivity contribution in [3.63, 3.8) is 0 Å². The van der Waals surface area contributed by atoms with Crippen molar-refractivity contribution in [3.05, 3.63) is 35.9 Å². The molecule has 1 aromatic carbocycles. The van der Waals surface area contributed by atoms with Gasteiger partial charge in [0, 0.05) is 25.4 Å². The second-order valence-corrected chi connectivity index (χ2v) is 5.36. The van der Waals surface area contributed by atoms with E-state index in [0.29, 0.717) is 5.78 Å². The Hall–Kier alpha value is -1.15. The number of ketones is 1. The Morgan fingerprint density at radius 3 is 2.72 bits per heavy atom. The van der Waals surface area contributed by atoms with Crippen molar-refractivity contribution < 1.29 is 4.79 Å². The molecule has 1 unspecified atom stereocenters. The molecule has 2 nitrogen and oxygen atoms in total. The van der Waals surface area contributed by atoms with Crippen LogP contribution in [-0.2, 0) is 11.2 Å². The Bertz CT molecular complexity index is 374. The van der Waals surface area contributed by atoms with Gasteiger partial charge in [0.1, 0.15) is 5.78 Å². The minimum Gasteiger partial charge on any atom is -0.302 e. The lowest BCUT2D eigenvalue weighted by Crippen LogP contribution is -2.39. The zero-order valence-corrected chi connectivity index (χ0v) is 11.3. The smallest absolute Gasteiger partial charge is 0.138 e. The number of aryl methyl sites for hydroxylation is 1. The summed E-state index contributed by atoms with van der Waals surface area (Å²) in [6.07, 6.45) is 4.39. The van der Waals surface area contributed by atoms with E-state index in [0.717, 1.165) is 26.1 Å². The van der Waals surface area contributed by atoms with Gasteiger partial charge in [-0.2, -0.15) is 0 Å². The molecule has 0 spiro atoms. The minimum absolute atomic E-state index is 0.243. The van der Waals surface area contributed by atoms with Gasteiger partial charge in [-0.15, -0.1) is 0 Å². The van der Waals surface area contributed by atoms with Gasteiger partial charge in [-0.25, -0.2) is 0 Å². The first-order valence-corrected chi connectivity index (χ1v) is 7.04. The van der Waals surface area contributed by atoms with Gasteiger partial charge in [0.2, 0.25) is 0 Å². The molecule has 0 N–H and O–H groups in total. The Kier molecular flexibility index (Phi) is 4.94. The molecule has 2 rings (SSSR count). The Balaban J connectivity index is 1.63. The number of likely N-dealkylation sites (tertiary alicyclic amines) is 1. The standard InChI is InChI=1S/C16H23NO/c1-14-13-17(12-10-16(14)18)11-6-5-9-15-7-3-2-4-8-15/h2-4,7-8,14H,5-6,9-13H2,1H3. The van der Waals surface area contributed by atoms with Gasteiger partial charge in [0.05, 0.1) is 0 Å². The molecule has 2 heteroatoms. The largest absolute Gasteiger partial charge is 0.302 e. The maximum atomic E-state index is 11.4. The number of piperidine rings is 1. The molecule has 18 heavy (non-hydrogen) atoms. The van der Waals surface area contributed by atoms with E-state index in [9.17, 15) is 4.79 Å². The quantitative estimate of drug-likeness (QED) is 0.743. The molecule has 1 saturated heterocycles. The number of unbranched alkanes of at least 4 members (excludes halogenated alkanes) is 1. The number of benzene rings is 1. The molecular formula is C16H23NO. The van der Waals surface area contributed by atoms with E-state index in [1.54, 1.807) is 0 Å². The molecule has 0 aromatic heterocycles. The zero-order valence-electron chi connectivity index (χ0n) is 11.3. The third kappa shape index (κ3) is 3.95. The highest BCUT2D eigenvalue weighted by atomic mass is 16.1. The van der Waals surface area contributed by atoms with E-state index in [-0.39, 0.29) is 5.92 Å². The molecule has 1 fully saturated rings. The van der Waals surface area contributed by atoms with Crippen LogP contribution in [0.5, 0.6) is 0 Å². The number of Topliss-reactive ketones (excluding diaryl/α,β-unsaturated/α-hetero) is 1.